The molecule has 0 aliphatic rings. The average Bonchev–Trinajstić information content (AvgIpc) is 3.31. The Hall–Kier alpha value is -3.66. The van der Waals surface area contributed by atoms with Gasteiger partial charge in [0.25, 0.3) is 5.91 Å². The lowest BCUT2D eigenvalue weighted by Crippen LogP contribution is -2.29. The van der Waals surface area contributed by atoms with Gasteiger partial charge in [-0.05, 0) is 23.5 Å². The van der Waals surface area contributed by atoms with Gasteiger partial charge in [0.05, 0.1) is 6.04 Å². The van der Waals surface area contributed by atoms with Gasteiger partial charge in [0.2, 0.25) is 0 Å². The van der Waals surface area contributed by atoms with Gasteiger partial charge in [-0.3, -0.25) is 4.79 Å². The Balaban J connectivity index is 1.72. The minimum atomic E-state index is -0.144. The number of benzene rings is 3. The van der Waals surface area contributed by atoms with Crippen LogP contribution in [0.25, 0.3) is 22.6 Å². The number of aromatic amines is 1. The van der Waals surface area contributed by atoms with E-state index in [1.54, 1.807) is 0 Å². The van der Waals surface area contributed by atoms with E-state index in [1.165, 1.54) is 5.56 Å². The molecule has 4 rings (SSSR count). The van der Waals surface area contributed by atoms with Gasteiger partial charge in [-0.15, -0.1) is 0 Å². The standard InChI is InChI=1S/C29H31N3O/c1-4-11-25(22-12-7-5-8-13-22)30-29(33)27-26(23-18-16-21(17-19-23)20(2)3)31-28(32-27)24-14-9-6-10-15-24/h5-10,12-20,25H,4,11H2,1-3H3,(H,30,33)(H,31,32). The van der Waals surface area contributed by atoms with E-state index in [4.69, 9.17) is 4.98 Å². The van der Waals surface area contributed by atoms with Gasteiger partial charge in [0.15, 0.2) is 0 Å². The number of carbonyl (C=O) groups excluding carboxylic acids is 1. The monoisotopic (exact) mass is 437 g/mol. The number of nitrogens with zero attached hydrogens (tertiary/aromatic N) is 1. The maximum Gasteiger partial charge on any atom is 0.270 e. The number of imidazole rings is 1. The maximum atomic E-state index is 13.5. The van der Waals surface area contributed by atoms with E-state index in [0.29, 0.717) is 23.1 Å². The highest BCUT2D eigenvalue weighted by molar-refractivity contribution is 5.99. The molecule has 0 saturated heterocycles. The number of rotatable bonds is 8. The summed E-state index contributed by atoms with van der Waals surface area (Å²) in [5.74, 6) is 0.993. The van der Waals surface area contributed by atoms with Crippen molar-refractivity contribution in [2.24, 2.45) is 0 Å². The first-order chi connectivity index (χ1) is 16.1. The Morgan fingerprint density at radius 2 is 1.48 bits per heavy atom. The highest BCUT2D eigenvalue weighted by Gasteiger charge is 2.22. The molecule has 4 aromatic rings. The van der Waals surface area contributed by atoms with E-state index in [0.717, 1.165) is 29.5 Å². The molecule has 0 aliphatic heterocycles. The first kappa shape index (κ1) is 22.5. The van der Waals surface area contributed by atoms with Crippen LogP contribution in [0.5, 0.6) is 0 Å². The normalized spacial score (nSPS) is 12.0. The van der Waals surface area contributed by atoms with Crippen molar-refractivity contribution in [2.45, 2.75) is 45.6 Å². The van der Waals surface area contributed by atoms with Crippen LogP contribution in [0.1, 0.15) is 67.2 Å². The summed E-state index contributed by atoms with van der Waals surface area (Å²) in [5, 5.41) is 3.24. The van der Waals surface area contributed by atoms with E-state index in [2.05, 4.69) is 67.5 Å². The molecule has 0 radical (unpaired) electrons. The first-order valence-electron chi connectivity index (χ1n) is 11.7. The minimum Gasteiger partial charge on any atom is -0.344 e. The summed E-state index contributed by atoms with van der Waals surface area (Å²) in [6.07, 6.45) is 1.84. The molecule has 1 aromatic heterocycles. The maximum absolute atomic E-state index is 13.5. The van der Waals surface area contributed by atoms with Crippen molar-refractivity contribution in [2.75, 3.05) is 0 Å². The number of aromatic nitrogens is 2. The van der Waals surface area contributed by atoms with Crippen LogP contribution in [-0.2, 0) is 0 Å². The fourth-order valence-corrected chi connectivity index (χ4v) is 4.03. The Labute approximate surface area is 196 Å². The van der Waals surface area contributed by atoms with Crippen LogP contribution in [0.3, 0.4) is 0 Å². The number of nitrogens with one attached hydrogen (secondary N) is 2. The third-order valence-electron chi connectivity index (χ3n) is 5.91. The van der Waals surface area contributed by atoms with Gasteiger partial charge >= 0.3 is 0 Å². The number of H-pyrrole nitrogens is 1. The van der Waals surface area contributed by atoms with Crippen molar-refractivity contribution in [3.8, 4) is 22.6 Å². The molecule has 1 atom stereocenters. The topological polar surface area (TPSA) is 57.8 Å². The second-order valence-corrected chi connectivity index (χ2v) is 8.68. The van der Waals surface area contributed by atoms with Crippen molar-refractivity contribution >= 4 is 5.91 Å². The first-order valence-corrected chi connectivity index (χ1v) is 11.7. The zero-order chi connectivity index (χ0) is 23.2. The molecule has 0 aliphatic carbocycles. The molecule has 33 heavy (non-hydrogen) atoms. The highest BCUT2D eigenvalue weighted by atomic mass is 16.2. The van der Waals surface area contributed by atoms with Crippen molar-refractivity contribution in [3.63, 3.8) is 0 Å². The molecule has 1 amide bonds. The van der Waals surface area contributed by atoms with Crippen LogP contribution in [0.4, 0.5) is 0 Å². The van der Waals surface area contributed by atoms with Gasteiger partial charge in [-0.1, -0.05) is 112 Å². The Morgan fingerprint density at radius 3 is 2.09 bits per heavy atom. The van der Waals surface area contributed by atoms with Gasteiger partial charge < -0.3 is 10.3 Å². The predicted molar refractivity (Wildman–Crippen MR) is 135 cm³/mol. The number of carbonyl (C=O) groups is 1. The Bertz CT molecular complexity index is 1180. The molecular formula is C29H31N3O. The van der Waals surface area contributed by atoms with Crippen molar-refractivity contribution < 1.29 is 4.79 Å². The summed E-state index contributed by atoms with van der Waals surface area (Å²) in [5.41, 5.74) is 5.40. The van der Waals surface area contributed by atoms with E-state index >= 15 is 0 Å². The number of hydrogen-bond donors (Lipinski definition) is 2. The fourth-order valence-electron chi connectivity index (χ4n) is 4.03. The molecule has 168 valence electrons. The van der Waals surface area contributed by atoms with Crippen LogP contribution in [0, 0.1) is 0 Å². The molecule has 3 aromatic carbocycles. The molecule has 4 heteroatoms. The lowest BCUT2D eigenvalue weighted by Gasteiger charge is -2.18. The van der Waals surface area contributed by atoms with Crippen LogP contribution < -0.4 is 5.32 Å². The quantitative estimate of drug-likeness (QED) is 0.308. The minimum absolute atomic E-state index is 0.0525. The van der Waals surface area contributed by atoms with E-state index in [9.17, 15) is 4.79 Å². The van der Waals surface area contributed by atoms with Crippen LogP contribution in [0.15, 0.2) is 84.9 Å². The fraction of sp³-hybridized carbons (Fsp3) is 0.241. The summed E-state index contributed by atoms with van der Waals surface area (Å²) >= 11 is 0. The van der Waals surface area contributed by atoms with E-state index in [1.807, 2.05) is 48.5 Å². The van der Waals surface area contributed by atoms with Gasteiger partial charge in [-0.25, -0.2) is 4.98 Å². The van der Waals surface area contributed by atoms with Gasteiger partial charge in [-0.2, -0.15) is 0 Å². The average molecular weight is 438 g/mol. The molecule has 0 saturated carbocycles. The summed E-state index contributed by atoms with van der Waals surface area (Å²) in [7, 11) is 0. The molecule has 0 fully saturated rings. The van der Waals surface area contributed by atoms with Crippen LogP contribution in [0.2, 0.25) is 0 Å². The van der Waals surface area contributed by atoms with Crippen LogP contribution >= 0.6 is 0 Å². The van der Waals surface area contributed by atoms with Gasteiger partial charge in [0, 0.05) is 11.1 Å². The van der Waals surface area contributed by atoms with Crippen LogP contribution in [-0.4, -0.2) is 15.9 Å². The van der Waals surface area contributed by atoms with Crippen molar-refractivity contribution in [1.82, 2.24) is 15.3 Å². The summed E-state index contributed by atoms with van der Waals surface area (Å²) in [6, 6.07) is 28.3. The zero-order valence-electron chi connectivity index (χ0n) is 19.5. The third kappa shape index (κ3) is 5.23. The molecule has 1 unspecified atom stereocenters. The second kappa shape index (κ2) is 10.3. The molecule has 2 N–H and O–H groups in total. The van der Waals surface area contributed by atoms with E-state index in [-0.39, 0.29) is 11.9 Å². The second-order valence-electron chi connectivity index (χ2n) is 8.68. The van der Waals surface area contributed by atoms with Gasteiger partial charge in [0.1, 0.15) is 17.2 Å². The lowest BCUT2D eigenvalue weighted by atomic mass is 10.00. The smallest absolute Gasteiger partial charge is 0.270 e. The number of hydrogen-bond acceptors (Lipinski definition) is 2. The molecular weight excluding hydrogens is 406 g/mol. The Kier molecular flexibility index (Phi) is 7.04. The summed E-state index contributed by atoms with van der Waals surface area (Å²) in [6.45, 7) is 6.48. The molecule has 0 spiro atoms. The summed E-state index contributed by atoms with van der Waals surface area (Å²) < 4.78 is 0. The third-order valence-corrected chi connectivity index (χ3v) is 5.91. The lowest BCUT2D eigenvalue weighted by molar-refractivity contribution is 0.0930. The molecule has 4 nitrogen and oxygen atoms in total. The molecule has 0 bridgehead atoms. The van der Waals surface area contributed by atoms with Crippen molar-refractivity contribution in [1.29, 1.82) is 0 Å². The number of amides is 1. The predicted octanol–water partition coefficient (Wildman–Crippen LogP) is 7.14. The van der Waals surface area contributed by atoms with E-state index < -0.39 is 0 Å². The van der Waals surface area contributed by atoms with Crippen molar-refractivity contribution in [3.05, 3.63) is 102 Å². The largest absolute Gasteiger partial charge is 0.344 e. The summed E-state index contributed by atoms with van der Waals surface area (Å²) in [4.78, 5) is 21.7. The SMILES string of the molecule is CCCC(NC(=O)c1[nH]c(-c2ccccc2)nc1-c1ccc(C(C)C)cc1)c1ccccc1. The highest BCUT2D eigenvalue weighted by Crippen LogP contribution is 2.28. The Morgan fingerprint density at radius 1 is 0.848 bits per heavy atom. The molecule has 1 heterocycles. The zero-order valence-corrected chi connectivity index (χ0v) is 19.5.